The smallest absolute Gasteiger partial charge is 0.270 e. The molecule has 0 aliphatic rings. The van der Waals surface area contributed by atoms with Gasteiger partial charge < -0.3 is 19.9 Å². The van der Waals surface area contributed by atoms with E-state index in [0.717, 1.165) is 12.0 Å². The van der Waals surface area contributed by atoms with E-state index in [-0.39, 0.29) is 12.3 Å². The number of aromatic nitrogens is 1. The fourth-order valence-corrected chi connectivity index (χ4v) is 3.75. The first-order chi connectivity index (χ1) is 14.0. The number of nitrogens with zero attached hydrogens (tertiary/aromatic N) is 2. The summed E-state index contributed by atoms with van der Waals surface area (Å²) < 4.78 is 10.6. The number of hydrogen-bond donors (Lipinski definition) is 2. The molecule has 3 aromatic rings. The molecule has 0 saturated carbocycles. The Morgan fingerprint density at radius 3 is 2.66 bits per heavy atom. The molecule has 0 bridgehead atoms. The largest absolute Gasteiger partial charge is 0.493 e. The van der Waals surface area contributed by atoms with E-state index in [4.69, 9.17) is 9.47 Å². The van der Waals surface area contributed by atoms with Crippen LogP contribution in [0.1, 0.15) is 10.4 Å². The molecule has 2 aromatic carbocycles. The Kier molecular flexibility index (Phi) is 6.63. The van der Waals surface area contributed by atoms with Crippen LogP contribution in [0.2, 0.25) is 0 Å². The Morgan fingerprint density at radius 2 is 1.97 bits per heavy atom. The van der Waals surface area contributed by atoms with Crippen LogP contribution in [0.5, 0.6) is 11.5 Å². The summed E-state index contributed by atoms with van der Waals surface area (Å²) in [4.78, 5) is 15.7. The van der Waals surface area contributed by atoms with Gasteiger partial charge in [0, 0.05) is 24.2 Å². The zero-order valence-electron chi connectivity index (χ0n) is 16.0. The molecule has 3 rings (SSSR count). The Morgan fingerprint density at radius 1 is 1.17 bits per heavy atom. The van der Waals surface area contributed by atoms with Crippen LogP contribution >= 0.6 is 11.3 Å². The van der Waals surface area contributed by atoms with E-state index >= 15 is 0 Å². The van der Waals surface area contributed by atoms with Gasteiger partial charge >= 0.3 is 0 Å². The minimum atomic E-state index is -0.448. The van der Waals surface area contributed by atoms with E-state index in [2.05, 4.69) is 10.3 Å². The lowest BCUT2D eigenvalue weighted by molar-refractivity contribution is -0.384. The summed E-state index contributed by atoms with van der Waals surface area (Å²) in [5.41, 5.74) is 2.22. The number of thiazole rings is 1. The van der Waals surface area contributed by atoms with Gasteiger partial charge in [0.15, 0.2) is 16.6 Å². The monoisotopic (exact) mass is 415 g/mol. The Hall–Kier alpha value is -3.17. The van der Waals surface area contributed by atoms with Crippen molar-refractivity contribution in [1.82, 2.24) is 4.98 Å². The molecule has 0 saturated heterocycles. The van der Waals surface area contributed by atoms with Crippen molar-refractivity contribution in [3.63, 3.8) is 0 Å². The molecule has 152 valence electrons. The van der Waals surface area contributed by atoms with E-state index in [1.54, 1.807) is 26.4 Å². The number of methoxy groups -OCH3 is 2. The lowest BCUT2D eigenvalue weighted by Gasteiger charge is -2.09. The maximum Gasteiger partial charge on any atom is 0.270 e. The number of nitrogens with one attached hydrogen (secondary N) is 1. The Bertz CT molecular complexity index is 1010. The standard InChI is InChI=1S/C20H21N3O5S/c1-27-16-7-6-13(10-17(16)28-2)8-9-21-20-22-19(18(12-24)29-20)14-4-3-5-15(11-14)23(25)26/h3-7,10-11,24H,8-9,12H2,1-2H3,(H,21,22). The van der Waals surface area contributed by atoms with Crippen molar-refractivity contribution in [3.8, 4) is 22.8 Å². The lowest BCUT2D eigenvalue weighted by Crippen LogP contribution is -2.05. The average Bonchev–Trinajstić information content (AvgIpc) is 3.17. The van der Waals surface area contributed by atoms with E-state index in [1.807, 2.05) is 18.2 Å². The van der Waals surface area contributed by atoms with E-state index in [1.165, 1.54) is 23.5 Å². The van der Waals surface area contributed by atoms with Gasteiger partial charge in [-0.15, -0.1) is 0 Å². The van der Waals surface area contributed by atoms with Gasteiger partial charge in [-0.05, 0) is 24.1 Å². The fraction of sp³-hybridized carbons (Fsp3) is 0.250. The molecule has 2 N–H and O–H groups in total. The molecule has 0 amide bonds. The van der Waals surface area contributed by atoms with Crippen LogP contribution in [0.3, 0.4) is 0 Å². The minimum absolute atomic E-state index is 0.0117. The number of nitro benzene ring substituents is 1. The van der Waals surface area contributed by atoms with Crippen molar-refractivity contribution >= 4 is 22.2 Å². The number of aliphatic hydroxyl groups is 1. The average molecular weight is 415 g/mol. The first-order valence-electron chi connectivity index (χ1n) is 8.86. The van der Waals surface area contributed by atoms with Gasteiger partial charge in [0.2, 0.25) is 0 Å². The van der Waals surface area contributed by atoms with Crippen LogP contribution in [0, 0.1) is 10.1 Å². The zero-order chi connectivity index (χ0) is 20.8. The third-order valence-electron chi connectivity index (χ3n) is 4.31. The van der Waals surface area contributed by atoms with Crippen molar-refractivity contribution in [2.45, 2.75) is 13.0 Å². The van der Waals surface area contributed by atoms with Crippen molar-refractivity contribution in [2.24, 2.45) is 0 Å². The SMILES string of the molecule is COc1ccc(CCNc2nc(-c3cccc([N+](=O)[O-])c3)c(CO)s2)cc1OC. The van der Waals surface area contributed by atoms with Gasteiger partial charge in [-0.3, -0.25) is 10.1 Å². The summed E-state index contributed by atoms with van der Waals surface area (Å²) in [5, 5.41) is 24.6. The summed E-state index contributed by atoms with van der Waals surface area (Å²) >= 11 is 1.33. The fourth-order valence-electron chi connectivity index (χ4n) is 2.88. The number of anilines is 1. The summed E-state index contributed by atoms with van der Waals surface area (Å²) in [6.07, 6.45) is 0.737. The molecule has 0 aliphatic heterocycles. The summed E-state index contributed by atoms with van der Waals surface area (Å²) in [7, 11) is 3.19. The van der Waals surface area contributed by atoms with Gasteiger partial charge in [-0.2, -0.15) is 0 Å². The first kappa shape index (κ1) is 20.6. The number of nitro groups is 1. The van der Waals surface area contributed by atoms with E-state index < -0.39 is 4.92 Å². The highest BCUT2D eigenvalue weighted by Gasteiger charge is 2.15. The molecule has 9 heteroatoms. The summed E-state index contributed by atoms with van der Waals surface area (Å²) in [6, 6.07) is 12.0. The number of rotatable bonds is 9. The van der Waals surface area contributed by atoms with Gasteiger partial charge in [-0.1, -0.05) is 29.5 Å². The van der Waals surface area contributed by atoms with Crippen molar-refractivity contribution in [2.75, 3.05) is 26.1 Å². The predicted molar refractivity (Wildman–Crippen MR) is 112 cm³/mol. The Labute approximate surface area is 171 Å². The van der Waals surface area contributed by atoms with Gasteiger partial charge in [0.1, 0.15) is 0 Å². The number of non-ortho nitro benzene ring substituents is 1. The highest BCUT2D eigenvalue weighted by Crippen LogP contribution is 2.33. The predicted octanol–water partition coefficient (Wildman–Crippen LogP) is 3.88. The van der Waals surface area contributed by atoms with Crippen LogP contribution in [0.4, 0.5) is 10.8 Å². The Balaban J connectivity index is 1.71. The normalized spacial score (nSPS) is 10.6. The van der Waals surface area contributed by atoms with Crippen LogP contribution in [0.15, 0.2) is 42.5 Å². The summed E-state index contributed by atoms with van der Waals surface area (Å²) in [5.74, 6) is 1.35. The lowest BCUT2D eigenvalue weighted by atomic mass is 10.1. The highest BCUT2D eigenvalue weighted by molar-refractivity contribution is 7.16. The molecular weight excluding hydrogens is 394 g/mol. The summed E-state index contributed by atoms with van der Waals surface area (Å²) in [6.45, 7) is 0.440. The van der Waals surface area contributed by atoms with Crippen LogP contribution in [-0.2, 0) is 13.0 Å². The molecule has 0 radical (unpaired) electrons. The second-order valence-corrected chi connectivity index (χ2v) is 7.21. The third kappa shape index (κ3) is 4.82. The van der Waals surface area contributed by atoms with Crippen LogP contribution in [0.25, 0.3) is 11.3 Å². The molecule has 1 aromatic heterocycles. The molecule has 0 atom stereocenters. The molecule has 1 heterocycles. The zero-order valence-corrected chi connectivity index (χ0v) is 16.9. The maximum atomic E-state index is 11.0. The second kappa shape index (κ2) is 9.35. The number of hydrogen-bond acceptors (Lipinski definition) is 8. The quantitative estimate of drug-likeness (QED) is 0.403. The van der Waals surface area contributed by atoms with Gasteiger partial charge in [0.05, 0.1) is 36.3 Å². The first-order valence-corrected chi connectivity index (χ1v) is 9.67. The molecular formula is C20H21N3O5S. The molecule has 0 unspecified atom stereocenters. The molecule has 29 heavy (non-hydrogen) atoms. The van der Waals surface area contributed by atoms with Crippen LogP contribution in [-0.4, -0.2) is 35.8 Å². The highest BCUT2D eigenvalue weighted by atomic mass is 32.1. The van der Waals surface area contributed by atoms with E-state index in [9.17, 15) is 15.2 Å². The number of aliphatic hydroxyl groups excluding tert-OH is 1. The molecule has 0 fully saturated rings. The van der Waals surface area contributed by atoms with Gasteiger partial charge in [-0.25, -0.2) is 4.98 Å². The maximum absolute atomic E-state index is 11.0. The van der Waals surface area contributed by atoms with Crippen molar-refractivity contribution < 1.29 is 19.5 Å². The van der Waals surface area contributed by atoms with Gasteiger partial charge in [0.25, 0.3) is 5.69 Å². The topological polar surface area (TPSA) is 107 Å². The minimum Gasteiger partial charge on any atom is -0.493 e. The third-order valence-corrected chi connectivity index (χ3v) is 5.31. The van der Waals surface area contributed by atoms with Crippen molar-refractivity contribution in [3.05, 3.63) is 63.0 Å². The van der Waals surface area contributed by atoms with Crippen LogP contribution < -0.4 is 14.8 Å². The van der Waals surface area contributed by atoms with E-state index in [0.29, 0.717) is 39.3 Å². The molecule has 8 nitrogen and oxygen atoms in total. The molecule has 0 spiro atoms. The number of ether oxygens (including phenoxy) is 2. The molecule has 0 aliphatic carbocycles. The number of benzene rings is 2. The second-order valence-electron chi connectivity index (χ2n) is 6.12. The van der Waals surface area contributed by atoms with Crippen molar-refractivity contribution in [1.29, 1.82) is 0 Å².